The Labute approximate surface area is 137 Å². The number of fused-ring (bicyclic) bond motifs is 2. The van der Waals surface area contributed by atoms with Gasteiger partial charge in [-0.05, 0) is 66.6 Å². The Morgan fingerprint density at radius 1 is 1.19 bits per heavy atom. The molecule has 112 valence electrons. The van der Waals surface area contributed by atoms with Gasteiger partial charge in [0.15, 0.2) is 5.60 Å². The molecule has 1 aliphatic heterocycles. The Morgan fingerprint density at radius 2 is 1.81 bits per heavy atom. The Morgan fingerprint density at radius 3 is 2.29 bits per heavy atom. The molecule has 2 fully saturated rings. The fourth-order valence-electron chi connectivity index (χ4n) is 3.51. The van der Waals surface area contributed by atoms with Gasteiger partial charge in [-0.1, -0.05) is 13.8 Å². The summed E-state index contributed by atoms with van der Waals surface area (Å²) >= 11 is 2.21. The van der Waals surface area contributed by atoms with Crippen molar-refractivity contribution in [1.82, 2.24) is 0 Å². The molecule has 1 saturated carbocycles. The zero-order chi connectivity index (χ0) is 15.5. The number of hydrogen-bond acceptors (Lipinski definition) is 3. The summed E-state index contributed by atoms with van der Waals surface area (Å²) in [6.45, 7) is 5.82. The van der Waals surface area contributed by atoms with Gasteiger partial charge in [-0.2, -0.15) is 0 Å². The number of ether oxygens (including phenoxy) is 1. The van der Waals surface area contributed by atoms with Crippen molar-refractivity contribution in [3.05, 3.63) is 27.8 Å². The predicted molar refractivity (Wildman–Crippen MR) is 87.7 cm³/mol. The van der Waals surface area contributed by atoms with Gasteiger partial charge in [-0.15, -0.1) is 0 Å². The fraction of sp³-hybridized carbons (Fsp3) is 0.500. The van der Waals surface area contributed by atoms with Gasteiger partial charge in [0.2, 0.25) is 0 Å². The van der Waals surface area contributed by atoms with Crippen LogP contribution in [-0.4, -0.2) is 17.5 Å². The average Bonchev–Trinajstić information content (AvgIpc) is 2.72. The van der Waals surface area contributed by atoms with Gasteiger partial charge in [-0.25, -0.2) is 0 Å². The molecule has 1 N–H and O–H groups in total. The monoisotopic (exact) mass is 399 g/mol. The third kappa shape index (κ3) is 1.79. The largest absolute Gasteiger partial charge is 0.448 e. The topological polar surface area (TPSA) is 55.4 Å². The summed E-state index contributed by atoms with van der Waals surface area (Å²) in [5.74, 6) is -0.472. The molecule has 1 aliphatic carbocycles. The summed E-state index contributed by atoms with van der Waals surface area (Å²) < 4.78 is 6.67. The van der Waals surface area contributed by atoms with Gasteiger partial charge < -0.3 is 10.1 Å². The number of rotatable bonds is 2. The van der Waals surface area contributed by atoms with Crippen molar-refractivity contribution in [3.63, 3.8) is 0 Å². The van der Waals surface area contributed by atoms with E-state index in [4.69, 9.17) is 4.74 Å². The van der Waals surface area contributed by atoms with Crippen LogP contribution in [0.1, 0.15) is 33.6 Å². The van der Waals surface area contributed by atoms with Gasteiger partial charge in [0.1, 0.15) is 0 Å². The number of hydrogen-bond donors (Lipinski definition) is 1. The highest BCUT2D eigenvalue weighted by Crippen LogP contribution is 2.65. The summed E-state index contributed by atoms with van der Waals surface area (Å²) in [6.07, 6.45) is 1.28. The minimum absolute atomic E-state index is 0.219. The second-order valence-electron chi connectivity index (χ2n) is 6.63. The molecule has 4 nitrogen and oxygen atoms in total. The van der Waals surface area contributed by atoms with Gasteiger partial charge in [0.05, 0.1) is 5.41 Å². The first-order chi connectivity index (χ1) is 9.73. The second-order valence-corrected chi connectivity index (χ2v) is 7.88. The zero-order valence-electron chi connectivity index (χ0n) is 12.3. The molecular weight excluding hydrogens is 381 g/mol. The fourth-order valence-corrected chi connectivity index (χ4v) is 3.87. The number of halogens is 1. The molecule has 1 aromatic rings. The van der Waals surface area contributed by atoms with Crippen LogP contribution < -0.4 is 5.32 Å². The number of carbonyl (C=O) groups is 2. The molecule has 0 spiro atoms. The van der Waals surface area contributed by atoms with E-state index in [0.717, 1.165) is 9.26 Å². The summed E-state index contributed by atoms with van der Waals surface area (Å²) in [7, 11) is 0. The van der Waals surface area contributed by atoms with E-state index in [1.54, 1.807) is 0 Å². The molecule has 0 unspecified atom stereocenters. The van der Waals surface area contributed by atoms with Gasteiger partial charge in [0, 0.05) is 14.7 Å². The highest BCUT2D eigenvalue weighted by atomic mass is 127. The lowest BCUT2D eigenvalue weighted by atomic mass is 9.66. The second kappa shape index (κ2) is 4.44. The molecule has 1 aromatic carbocycles. The van der Waals surface area contributed by atoms with Crippen LogP contribution in [0.2, 0.25) is 0 Å². The number of nitrogens with one attached hydrogen (secondary N) is 1. The van der Waals surface area contributed by atoms with Crippen LogP contribution in [0, 0.1) is 14.4 Å². The molecule has 1 saturated heterocycles. The maximum atomic E-state index is 12.8. The normalized spacial score (nSPS) is 32.9. The minimum atomic E-state index is -1.05. The molecule has 1 heterocycles. The molecule has 3 rings (SSSR count). The first-order valence-electron chi connectivity index (χ1n) is 7.03. The first kappa shape index (κ1) is 14.8. The maximum absolute atomic E-state index is 12.8. The molecule has 0 radical (unpaired) electrons. The minimum Gasteiger partial charge on any atom is -0.448 e. The Balaban J connectivity index is 1.91. The van der Waals surface area contributed by atoms with Crippen molar-refractivity contribution in [2.45, 2.75) is 39.2 Å². The standard InChI is InChI=1S/C16H18INO3/c1-14(2)15(3)8-9-16(14,21-13(15)20)12(19)18-11-6-4-10(17)5-7-11/h4-7H,8-9H2,1-3H3,(H,18,19)/t15-,16+/m0/s1. The van der Waals surface area contributed by atoms with Crippen molar-refractivity contribution >= 4 is 40.2 Å². The van der Waals surface area contributed by atoms with Crippen molar-refractivity contribution < 1.29 is 14.3 Å². The van der Waals surface area contributed by atoms with E-state index in [2.05, 4.69) is 27.9 Å². The number of benzene rings is 1. The van der Waals surface area contributed by atoms with E-state index in [1.165, 1.54) is 0 Å². The van der Waals surface area contributed by atoms with Crippen LogP contribution in [0.25, 0.3) is 0 Å². The molecule has 5 heteroatoms. The Kier molecular flexibility index (Phi) is 3.13. The predicted octanol–water partition coefficient (Wildman–Crippen LogP) is 3.35. The summed E-state index contributed by atoms with van der Waals surface area (Å²) in [5.41, 5.74) is -1.41. The van der Waals surface area contributed by atoms with Crippen LogP contribution in [0.3, 0.4) is 0 Å². The van der Waals surface area contributed by atoms with E-state index in [9.17, 15) is 9.59 Å². The van der Waals surface area contributed by atoms with Crippen LogP contribution in [-0.2, 0) is 14.3 Å². The highest BCUT2D eigenvalue weighted by molar-refractivity contribution is 14.1. The van der Waals surface area contributed by atoms with Gasteiger partial charge in [-0.3, -0.25) is 9.59 Å². The van der Waals surface area contributed by atoms with Crippen LogP contribution in [0.4, 0.5) is 5.69 Å². The van der Waals surface area contributed by atoms with Crippen LogP contribution in [0.5, 0.6) is 0 Å². The zero-order valence-corrected chi connectivity index (χ0v) is 14.5. The molecule has 0 aromatic heterocycles. The Hall–Kier alpha value is -1.11. The molecule has 1 amide bonds. The Bertz CT molecular complexity index is 625. The van der Waals surface area contributed by atoms with Crippen LogP contribution >= 0.6 is 22.6 Å². The van der Waals surface area contributed by atoms with Crippen molar-refractivity contribution in [3.8, 4) is 0 Å². The lowest BCUT2D eigenvalue weighted by Crippen LogP contribution is -2.50. The lowest BCUT2D eigenvalue weighted by Gasteiger charge is -2.35. The number of anilines is 1. The van der Waals surface area contributed by atoms with E-state index >= 15 is 0 Å². The maximum Gasteiger partial charge on any atom is 0.313 e. The van der Waals surface area contributed by atoms with Gasteiger partial charge in [0.25, 0.3) is 5.91 Å². The quantitative estimate of drug-likeness (QED) is 0.613. The van der Waals surface area contributed by atoms with Crippen molar-refractivity contribution in [2.24, 2.45) is 10.8 Å². The average molecular weight is 399 g/mol. The first-order valence-corrected chi connectivity index (χ1v) is 8.11. The smallest absolute Gasteiger partial charge is 0.313 e. The molecule has 21 heavy (non-hydrogen) atoms. The molecule has 2 atom stereocenters. The van der Waals surface area contributed by atoms with Crippen molar-refractivity contribution in [2.75, 3.05) is 5.32 Å². The van der Waals surface area contributed by atoms with Crippen molar-refractivity contribution in [1.29, 1.82) is 0 Å². The third-order valence-corrected chi connectivity index (χ3v) is 6.27. The number of amides is 1. The number of esters is 1. The summed E-state index contributed by atoms with van der Waals surface area (Å²) in [4.78, 5) is 25.0. The van der Waals surface area contributed by atoms with Crippen LogP contribution in [0.15, 0.2) is 24.3 Å². The van der Waals surface area contributed by atoms with E-state index in [-0.39, 0.29) is 11.9 Å². The summed E-state index contributed by atoms with van der Waals surface area (Å²) in [6, 6.07) is 7.57. The number of carbonyl (C=O) groups excluding carboxylic acids is 2. The highest BCUT2D eigenvalue weighted by Gasteiger charge is 2.75. The summed E-state index contributed by atoms with van der Waals surface area (Å²) in [5, 5.41) is 2.90. The molecule has 2 bridgehead atoms. The lowest BCUT2D eigenvalue weighted by molar-refractivity contribution is -0.165. The van der Waals surface area contributed by atoms with Gasteiger partial charge >= 0.3 is 5.97 Å². The molecule has 2 aliphatic rings. The third-order valence-electron chi connectivity index (χ3n) is 5.55. The van der Waals surface area contributed by atoms with E-state index in [1.807, 2.05) is 45.0 Å². The van der Waals surface area contributed by atoms with E-state index in [0.29, 0.717) is 12.8 Å². The SMILES string of the molecule is CC1(C)[C@@]2(C)CC[C@]1(C(=O)Nc1ccc(I)cc1)OC2=O. The van der Waals surface area contributed by atoms with E-state index < -0.39 is 16.4 Å². The molecular formula is C16H18INO3.